The summed E-state index contributed by atoms with van der Waals surface area (Å²) in [5.41, 5.74) is 0. The van der Waals surface area contributed by atoms with Crippen LogP contribution in [0, 0.1) is 0 Å². The number of carbonyl (C=O) groups is 2. The van der Waals surface area contributed by atoms with Gasteiger partial charge >= 0.3 is 19.8 Å². The molecule has 38 heavy (non-hydrogen) atoms. The third-order valence-corrected chi connectivity index (χ3v) is 4.95. The molecule has 0 aliphatic rings. The Bertz CT molecular complexity index is 882. The van der Waals surface area contributed by atoms with Crippen molar-refractivity contribution in [1.82, 2.24) is 0 Å². The van der Waals surface area contributed by atoms with Crippen LogP contribution in [0.2, 0.25) is 0 Å². The van der Waals surface area contributed by atoms with Gasteiger partial charge < -0.3 is 29.5 Å². The lowest BCUT2D eigenvalue weighted by atomic mass is 10.2. The Kier molecular flexibility index (Phi) is 20.9. The second kappa shape index (κ2) is 22.4. The molecule has 0 amide bonds. The first-order chi connectivity index (χ1) is 18.0. The van der Waals surface area contributed by atoms with Gasteiger partial charge in [0.15, 0.2) is 6.10 Å². The highest BCUT2D eigenvalue weighted by Crippen LogP contribution is 2.35. The summed E-state index contributed by atoms with van der Waals surface area (Å²) in [4.78, 5) is 40.3. The first kappa shape index (κ1) is 35.4. The van der Waals surface area contributed by atoms with E-state index < -0.39 is 44.7 Å². The van der Waals surface area contributed by atoms with Gasteiger partial charge in [0.1, 0.15) is 6.61 Å². The maximum atomic E-state index is 11.8. The average molecular weight is 557 g/mol. The Hall–Kier alpha value is -2.59. The fourth-order valence-electron chi connectivity index (χ4n) is 2.69. The predicted molar refractivity (Wildman–Crippen MR) is 145 cm³/mol. The van der Waals surface area contributed by atoms with E-state index in [1.165, 1.54) is 0 Å². The summed E-state index contributed by atoms with van der Waals surface area (Å²) < 4.78 is 24.8. The van der Waals surface area contributed by atoms with Crippen molar-refractivity contribution in [1.29, 1.82) is 0 Å². The summed E-state index contributed by atoms with van der Waals surface area (Å²) in [6.45, 7) is 2.17. The van der Waals surface area contributed by atoms with Crippen LogP contribution >= 0.6 is 7.82 Å². The highest BCUT2D eigenvalue weighted by atomic mass is 31.2. The number of phosphoric acid groups is 1. The number of ether oxygens (including phenoxy) is 2. The van der Waals surface area contributed by atoms with Crippen molar-refractivity contribution in [2.75, 3.05) is 13.2 Å². The standard InChI is InChI=1S/C27H41O10P/c1-3-4-11-16-24(29)18-13-9-10-14-19-25(30)17-12-7-5-6-8-15-20-27(31)35-21-26(37-23(2)28)22-36-38(32,33)34/h4,6-14,18-19,24-26,29-30H,3,5,15-17,20-22H2,1-2H3,(H2,32,33,34)/b8-6-,10-9-,11-4-,12-7-,18-13+,19-14+/t24-,25+,26-/m1/s1. The molecule has 0 bridgehead atoms. The molecule has 0 spiro atoms. The van der Waals surface area contributed by atoms with E-state index in [4.69, 9.17) is 19.3 Å². The number of aliphatic hydroxyl groups excluding tert-OH is 2. The van der Waals surface area contributed by atoms with Crippen molar-refractivity contribution in [3.63, 3.8) is 0 Å². The SMILES string of the molecule is CC/C=C\C[C@@H](O)/C=C/C=C\C=C\[C@@H](O)C/C=C\C/C=C\CCC(=O)OC[C@H](COP(=O)(O)O)OC(C)=O. The maximum absolute atomic E-state index is 11.8. The summed E-state index contributed by atoms with van der Waals surface area (Å²) >= 11 is 0. The lowest BCUT2D eigenvalue weighted by Gasteiger charge is -2.17. The van der Waals surface area contributed by atoms with E-state index in [-0.39, 0.29) is 13.0 Å². The molecule has 0 aromatic rings. The predicted octanol–water partition coefficient (Wildman–Crippen LogP) is 3.99. The molecule has 4 N–H and O–H groups in total. The number of hydrogen-bond donors (Lipinski definition) is 4. The van der Waals surface area contributed by atoms with Crippen LogP contribution in [0.5, 0.6) is 0 Å². The number of allylic oxidation sites excluding steroid dienone is 8. The third kappa shape index (κ3) is 25.1. The summed E-state index contributed by atoms with van der Waals surface area (Å²) in [6.07, 6.45) is 22.7. The van der Waals surface area contributed by atoms with Gasteiger partial charge in [-0.3, -0.25) is 14.1 Å². The van der Waals surface area contributed by atoms with Crippen molar-refractivity contribution in [2.45, 2.75) is 70.7 Å². The molecule has 0 unspecified atom stereocenters. The molecule has 0 saturated carbocycles. The fraction of sp³-hybridized carbons (Fsp3) is 0.481. The van der Waals surface area contributed by atoms with E-state index in [2.05, 4.69) is 4.52 Å². The summed E-state index contributed by atoms with van der Waals surface area (Å²) in [6, 6.07) is 0. The van der Waals surface area contributed by atoms with E-state index in [1.54, 1.807) is 42.5 Å². The van der Waals surface area contributed by atoms with E-state index in [0.29, 0.717) is 25.7 Å². The van der Waals surface area contributed by atoms with Crippen LogP contribution in [-0.4, -0.2) is 63.5 Å². The maximum Gasteiger partial charge on any atom is 0.469 e. The van der Waals surface area contributed by atoms with Crippen molar-refractivity contribution in [3.8, 4) is 0 Å². The summed E-state index contributed by atoms with van der Waals surface area (Å²) in [7, 11) is -4.74. The van der Waals surface area contributed by atoms with Gasteiger partial charge in [0.2, 0.25) is 0 Å². The molecule has 10 nitrogen and oxygen atoms in total. The minimum atomic E-state index is -4.74. The van der Waals surface area contributed by atoms with E-state index in [9.17, 15) is 24.4 Å². The largest absolute Gasteiger partial charge is 0.469 e. The van der Waals surface area contributed by atoms with Crippen LogP contribution in [0.3, 0.4) is 0 Å². The second-order valence-corrected chi connectivity index (χ2v) is 9.30. The molecule has 0 fully saturated rings. The van der Waals surface area contributed by atoms with Gasteiger partial charge in [-0.05, 0) is 32.1 Å². The first-order valence-electron chi connectivity index (χ1n) is 12.4. The van der Waals surface area contributed by atoms with Crippen LogP contribution < -0.4 is 0 Å². The molecular formula is C27H41O10P. The Labute approximate surface area is 224 Å². The lowest BCUT2D eigenvalue weighted by molar-refractivity contribution is -0.159. The van der Waals surface area contributed by atoms with Gasteiger partial charge in [-0.2, -0.15) is 0 Å². The number of esters is 2. The van der Waals surface area contributed by atoms with E-state index in [1.807, 2.05) is 37.3 Å². The molecular weight excluding hydrogens is 515 g/mol. The Balaban J connectivity index is 4.09. The molecule has 0 saturated heterocycles. The second-order valence-electron chi connectivity index (χ2n) is 8.06. The molecule has 11 heteroatoms. The molecule has 0 aromatic carbocycles. The fourth-order valence-corrected chi connectivity index (χ4v) is 3.05. The highest BCUT2D eigenvalue weighted by molar-refractivity contribution is 7.46. The van der Waals surface area contributed by atoms with Crippen molar-refractivity contribution in [2.24, 2.45) is 0 Å². The first-order valence-corrected chi connectivity index (χ1v) is 13.9. The molecule has 0 aliphatic heterocycles. The average Bonchev–Trinajstić information content (AvgIpc) is 2.84. The summed E-state index contributed by atoms with van der Waals surface area (Å²) in [5.74, 6) is -1.26. The molecule has 0 aliphatic carbocycles. The molecule has 0 rings (SSSR count). The minimum absolute atomic E-state index is 0.0768. The molecule has 214 valence electrons. The van der Waals surface area contributed by atoms with Gasteiger partial charge in [0.05, 0.1) is 18.8 Å². The minimum Gasteiger partial charge on any atom is -0.462 e. The van der Waals surface area contributed by atoms with E-state index >= 15 is 0 Å². The van der Waals surface area contributed by atoms with Crippen LogP contribution in [0.4, 0.5) is 0 Å². The van der Waals surface area contributed by atoms with Crippen LogP contribution in [0.1, 0.15) is 52.4 Å². The van der Waals surface area contributed by atoms with Gasteiger partial charge in [-0.25, -0.2) is 4.57 Å². The number of rotatable bonds is 20. The Morgan fingerprint density at radius 3 is 1.97 bits per heavy atom. The smallest absolute Gasteiger partial charge is 0.462 e. The highest BCUT2D eigenvalue weighted by Gasteiger charge is 2.21. The van der Waals surface area contributed by atoms with Gasteiger partial charge in [-0.1, -0.05) is 79.8 Å². The quantitative estimate of drug-likeness (QED) is 0.0747. The monoisotopic (exact) mass is 556 g/mol. The molecule has 0 heterocycles. The Morgan fingerprint density at radius 2 is 1.42 bits per heavy atom. The number of carbonyl (C=O) groups excluding carboxylic acids is 2. The zero-order valence-electron chi connectivity index (χ0n) is 22.0. The third-order valence-electron chi connectivity index (χ3n) is 4.47. The number of hydrogen-bond acceptors (Lipinski definition) is 8. The normalized spacial score (nSPS) is 15.4. The van der Waals surface area contributed by atoms with Crippen molar-refractivity contribution in [3.05, 3.63) is 72.9 Å². The summed E-state index contributed by atoms with van der Waals surface area (Å²) in [5, 5.41) is 19.7. The number of aliphatic hydroxyl groups is 2. The molecule has 0 radical (unpaired) electrons. The number of phosphoric ester groups is 1. The van der Waals surface area contributed by atoms with Crippen LogP contribution in [0.25, 0.3) is 0 Å². The van der Waals surface area contributed by atoms with Crippen LogP contribution in [-0.2, 0) is 28.2 Å². The van der Waals surface area contributed by atoms with E-state index in [0.717, 1.165) is 13.3 Å². The topological polar surface area (TPSA) is 160 Å². The van der Waals surface area contributed by atoms with Crippen LogP contribution in [0.15, 0.2) is 72.9 Å². The zero-order valence-corrected chi connectivity index (χ0v) is 22.9. The van der Waals surface area contributed by atoms with Crippen molar-refractivity contribution >= 4 is 19.8 Å². The zero-order chi connectivity index (χ0) is 28.7. The van der Waals surface area contributed by atoms with Gasteiger partial charge in [-0.15, -0.1) is 0 Å². The Morgan fingerprint density at radius 1 is 0.842 bits per heavy atom. The molecule has 3 atom stereocenters. The van der Waals surface area contributed by atoms with Crippen molar-refractivity contribution < 1.29 is 48.2 Å². The van der Waals surface area contributed by atoms with Gasteiger partial charge in [0, 0.05) is 13.3 Å². The lowest BCUT2D eigenvalue weighted by Crippen LogP contribution is -2.28. The van der Waals surface area contributed by atoms with Gasteiger partial charge in [0.25, 0.3) is 0 Å². The molecule has 0 aromatic heterocycles.